The fourth-order valence-corrected chi connectivity index (χ4v) is 4.55. The summed E-state index contributed by atoms with van der Waals surface area (Å²) in [7, 11) is 0.00342. The van der Waals surface area contributed by atoms with E-state index in [-0.39, 0.29) is 19.1 Å². The first-order valence-corrected chi connectivity index (χ1v) is 10.00. The van der Waals surface area contributed by atoms with Gasteiger partial charge in [-0.3, -0.25) is 0 Å². The van der Waals surface area contributed by atoms with Crippen LogP contribution in [0.5, 0.6) is 0 Å². The maximum absolute atomic E-state index is 13.5. The zero-order valence-electron chi connectivity index (χ0n) is 15.3. The molecule has 0 heterocycles. The van der Waals surface area contributed by atoms with E-state index in [9.17, 15) is 26.7 Å². The van der Waals surface area contributed by atoms with Crippen molar-refractivity contribution in [3.05, 3.63) is 34.6 Å². The smallest absolute Gasteiger partial charge is 0.462 e. The molecule has 0 aromatic heterocycles. The topological polar surface area (TPSA) is 54.0 Å². The number of esters is 1. The van der Waals surface area contributed by atoms with Crippen molar-refractivity contribution >= 4 is 14.8 Å². The Morgan fingerprint density at radius 1 is 0.889 bits per heavy atom. The van der Waals surface area contributed by atoms with Gasteiger partial charge in [-0.15, -0.1) is 0 Å². The Morgan fingerprint density at radius 3 is 1.81 bits per heavy atom. The molecule has 0 amide bonds. The quantitative estimate of drug-likeness (QED) is 0.144. The van der Waals surface area contributed by atoms with Crippen molar-refractivity contribution in [2.24, 2.45) is 0 Å². The van der Waals surface area contributed by atoms with Gasteiger partial charge < -0.3 is 18.0 Å². The summed E-state index contributed by atoms with van der Waals surface area (Å²) in [5.41, 5.74) is -1.62. The van der Waals surface area contributed by atoms with Gasteiger partial charge in [0.15, 0.2) is 23.3 Å². The van der Waals surface area contributed by atoms with Gasteiger partial charge in [0.25, 0.3) is 0 Å². The summed E-state index contributed by atoms with van der Waals surface area (Å²) in [6.45, 7) is 3.33. The molecule has 0 radical (unpaired) electrons. The molecule has 5 nitrogen and oxygen atoms in total. The lowest BCUT2D eigenvalue weighted by Crippen LogP contribution is -2.45. The fraction of sp³-hybridized carbons (Fsp3) is 0.562. The zero-order valence-corrected chi connectivity index (χ0v) is 16.3. The lowest BCUT2D eigenvalue weighted by Gasteiger charge is -2.28. The third kappa shape index (κ3) is 5.70. The largest absolute Gasteiger partial charge is 0.500 e. The summed E-state index contributed by atoms with van der Waals surface area (Å²) < 4.78 is 87.2. The van der Waals surface area contributed by atoms with Crippen LogP contribution in [-0.2, 0) is 18.0 Å². The average Bonchev–Trinajstić information content (AvgIpc) is 2.63. The lowest BCUT2D eigenvalue weighted by atomic mass is 10.1. The normalized spacial score (nSPS) is 11.9. The van der Waals surface area contributed by atoms with Crippen LogP contribution in [0, 0.1) is 29.1 Å². The summed E-state index contributed by atoms with van der Waals surface area (Å²) >= 11 is 0. The molecule has 0 fully saturated rings. The van der Waals surface area contributed by atoms with Gasteiger partial charge in [0.05, 0.1) is 6.61 Å². The second-order valence-electron chi connectivity index (χ2n) is 5.80. The van der Waals surface area contributed by atoms with Crippen molar-refractivity contribution in [3.8, 4) is 0 Å². The molecule has 0 aliphatic heterocycles. The van der Waals surface area contributed by atoms with E-state index in [1.807, 2.05) is 13.8 Å². The van der Waals surface area contributed by atoms with Crippen LogP contribution >= 0.6 is 0 Å². The first kappa shape index (κ1) is 23.5. The minimum absolute atomic E-state index is 0.136. The monoisotopic (exact) mass is 416 g/mol. The van der Waals surface area contributed by atoms with Gasteiger partial charge in [-0.1, -0.05) is 0 Å². The molecule has 1 aromatic carbocycles. The molecule has 27 heavy (non-hydrogen) atoms. The van der Waals surface area contributed by atoms with E-state index in [2.05, 4.69) is 4.74 Å². The van der Waals surface area contributed by atoms with Gasteiger partial charge in [-0.05, 0) is 26.7 Å². The highest BCUT2D eigenvalue weighted by Crippen LogP contribution is 2.24. The molecule has 0 aliphatic rings. The first-order chi connectivity index (χ1) is 12.6. The van der Waals surface area contributed by atoms with Crippen LogP contribution in [0.3, 0.4) is 0 Å². The van der Waals surface area contributed by atoms with Crippen molar-refractivity contribution in [1.29, 1.82) is 0 Å². The Balaban J connectivity index is 2.65. The summed E-state index contributed by atoms with van der Waals surface area (Å²) in [6, 6.07) is 0.387. The molecule has 0 saturated heterocycles. The van der Waals surface area contributed by atoms with Crippen molar-refractivity contribution in [2.75, 3.05) is 20.8 Å². The first-order valence-electron chi connectivity index (χ1n) is 8.06. The zero-order chi connectivity index (χ0) is 20.8. The average molecular weight is 416 g/mol. The fourth-order valence-electron chi connectivity index (χ4n) is 2.27. The van der Waals surface area contributed by atoms with Crippen LogP contribution in [0.4, 0.5) is 22.0 Å². The lowest BCUT2D eigenvalue weighted by molar-refractivity contribution is 0.0479. The summed E-state index contributed by atoms with van der Waals surface area (Å²) in [5.74, 6) is -12.8. The van der Waals surface area contributed by atoms with Gasteiger partial charge in [0, 0.05) is 26.4 Å². The number of unbranched alkanes of at least 4 members (excludes halogenated alkanes) is 1. The van der Waals surface area contributed by atoms with Crippen LogP contribution in [0.25, 0.3) is 0 Å². The third-order valence-electron chi connectivity index (χ3n) is 3.56. The Hall–Kier alpha value is -1.56. The summed E-state index contributed by atoms with van der Waals surface area (Å²) in [5, 5.41) is 0. The standard InChI is InChI=1S/C16H21F5O5Si/c1-9(2)26-27(23-3,24-4)8-6-5-7-25-16(22)10-11(17)13(19)15(21)14(20)12(10)18/h9H,5-8H2,1-4H3. The van der Waals surface area contributed by atoms with Gasteiger partial charge in [-0.25, -0.2) is 26.7 Å². The predicted octanol–water partition coefficient (Wildman–Crippen LogP) is 3.98. The maximum atomic E-state index is 13.5. The van der Waals surface area contributed by atoms with E-state index in [1.54, 1.807) is 0 Å². The molecule has 0 unspecified atom stereocenters. The predicted molar refractivity (Wildman–Crippen MR) is 86.5 cm³/mol. The second kappa shape index (κ2) is 10.1. The van der Waals surface area contributed by atoms with E-state index in [0.717, 1.165) is 0 Å². The number of hydrogen-bond acceptors (Lipinski definition) is 5. The SMILES string of the molecule is CO[Si](CCCCOC(=O)c1c(F)c(F)c(F)c(F)c1F)(OC)OC(C)C. The molecule has 0 saturated carbocycles. The molecule has 0 atom stereocenters. The van der Waals surface area contributed by atoms with Gasteiger partial charge >= 0.3 is 14.8 Å². The minimum atomic E-state index is -2.89. The number of carbonyl (C=O) groups is 1. The Bertz CT molecular complexity index is 638. The van der Waals surface area contributed by atoms with Gasteiger partial charge in [-0.2, -0.15) is 0 Å². The minimum Gasteiger partial charge on any atom is -0.462 e. The summed E-state index contributed by atoms with van der Waals surface area (Å²) in [6.07, 6.45) is 0.526. The van der Waals surface area contributed by atoms with Crippen molar-refractivity contribution in [2.45, 2.75) is 38.8 Å². The molecule has 0 spiro atoms. The number of rotatable bonds is 10. The number of hydrogen-bond donors (Lipinski definition) is 0. The van der Waals surface area contributed by atoms with E-state index in [4.69, 9.17) is 13.3 Å². The molecule has 154 valence electrons. The molecular formula is C16H21F5O5Si. The number of halogens is 5. The van der Waals surface area contributed by atoms with E-state index in [1.165, 1.54) is 14.2 Å². The molecule has 1 aromatic rings. The highest BCUT2D eigenvalue weighted by atomic mass is 28.4. The van der Waals surface area contributed by atoms with E-state index >= 15 is 0 Å². The van der Waals surface area contributed by atoms with E-state index < -0.39 is 49.4 Å². The second-order valence-corrected chi connectivity index (χ2v) is 8.71. The Kier molecular flexibility index (Phi) is 8.79. The van der Waals surface area contributed by atoms with Gasteiger partial charge in [0.1, 0.15) is 5.56 Å². The van der Waals surface area contributed by atoms with Crippen LogP contribution in [-0.4, -0.2) is 41.7 Å². The molecule has 1 rings (SSSR count). The van der Waals surface area contributed by atoms with Crippen LogP contribution < -0.4 is 0 Å². The third-order valence-corrected chi connectivity index (χ3v) is 6.60. The highest BCUT2D eigenvalue weighted by molar-refractivity contribution is 6.60. The number of carbonyl (C=O) groups excluding carboxylic acids is 1. The number of benzene rings is 1. The van der Waals surface area contributed by atoms with Crippen LogP contribution in [0.1, 0.15) is 37.0 Å². The molecule has 0 N–H and O–H groups in total. The molecule has 11 heteroatoms. The van der Waals surface area contributed by atoms with Crippen molar-refractivity contribution < 1.29 is 44.8 Å². The summed E-state index contributed by atoms with van der Waals surface area (Å²) in [4.78, 5) is 11.7. The molecule has 0 aliphatic carbocycles. The Labute approximate surface area is 154 Å². The number of ether oxygens (including phenoxy) is 1. The molecular weight excluding hydrogens is 395 g/mol. The molecule has 0 bridgehead atoms. The van der Waals surface area contributed by atoms with Crippen LogP contribution in [0.2, 0.25) is 6.04 Å². The highest BCUT2D eigenvalue weighted by Gasteiger charge is 2.39. The Morgan fingerprint density at radius 2 is 1.37 bits per heavy atom. The van der Waals surface area contributed by atoms with Crippen LogP contribution in [0.15, 0.2) is 0 Å². The van der Waals surface area contributed by atoms with Crippen molar-refractivity contribution in [1.82, 2.24) is 0 Å². The van der Waals surface area contributed by atoms with Gasteiger partial charge in [0.2, 0.25) is 5.82 Å². The van der Waals surface area contributed by atoms with Crippen molar-refractivity contribution in [3.63, 3.8) is 0 Å². The maximum Gasteiger partial charge on any atom is 0.500 e. The van der Waals surface area contributed by atoms with E-state index in [0.29, 0.717) is 12.5 Å².